The Balaban J connectivity index is 1.56. The van der Waals surface area contributed by atoms with E-state index in [-0.39, 0.29) is 30.4 Å². The predicted octanol–water partition coefficient (Wildman–Crippen LogP) is 1.77. The lowest BCUT2D eigenvalue weighted by atomic mass is 9.96. The molecule has 3 heterocycles. The van der Waals surface area contributed by atoms with Crippen LogP contribution in [-0.2, 0) is 4.79 Å². The molecule has 172 valence electrons. The number of urea groups is 1. The van der Waals surface area contributed by atoms with Crippen LogP contribution in [0.25, 0.3) is 0 Å². The van der Waals surface area contributed by atoms with Gasteiger partial charge < -0.3 is 20.9 Å². The first-order valence-corrected chi connectivity index (χ1v) is 11.2. The lowest BCUT2D eigenvalue weighted by molar-refractivity contribution is -0.323. The molecular weight excluding hydrogens is 418 g/mol. The molecule has 9 nitrogen and oxygen atoms in total. The molecule has 3 N–H and O–H groups in total. The van der Waals surface area contributed by atoms with Crippen LogP contribution >= 0.6 is 0 Å². The van der Waals surface area contributed by atoms with E-state index >= 15 is 0 Å². The number of carbonyl (C=O) groups is 2. The predicted molar refractivity (Wildman–Crippen MR) is 128 cm³/mol. The van der Waals surface area contributed by atoms with E-state index in [2.05, 4.69) is 20.9 Å². The number of hydrogen-bond donors (Lipinski definition) is 3. The molecule has 0 aliphatic carbocycles. The Bertz CT molecular complexity index is 1060. The van der Waals surface area contributed by atoms with Gasteiger partial charge >= 0.3 is 11.9 Å². The highest BCUT2D eigenvalue weighted by Crippen LogP contribution is 2.27. The van der Waals surface area contributed by atoms with E-state index in [0.29, 0.717) is 6.54 Å². The highest BCUT2D eigenvalue weighted by Gasteiger charge is 2.37. The van der Waals surface area contributed by atoms with Crippen LogP contribution in [0.1, 0.15) is 31.0 Å². The Labute approximate surface area is 193 Å². The first-order chi connectivity index (χ1) is 16.1. The molecule has 0 saturated carbocycles. The van der Waals surface area contributed by atoms with Crippen molar-refractivity contribution < 1.29 is 14.2 Å². The van der Waals surface area contributed by atoms with Crippen molar-refractivity contribution in [3.8, 4) is 0 Å². The summed E-state index contributed by atoms with van der Waals surface area (Å²) in [5.74, 6) is 0.858. The molecule has 1 aromatic rings. The molecule has 3 amide bonds. The summed E-state index contributed by atoms with van der Waals surface area (Å²) in [7, 11) is 3.27. The van der Waals surface area contributed by atoms with Gasteiger partial charge in [0.1, 0.15) is 12.4 Å². The third-order valence-corrected chi connectivity index (χ3v) is 5.97. The van der Waals surface area contributed by atoms with Gasteiger partial charge in [-0.15, -0.1) is 0 Å². The maximum atomic E-state index is 12.2. The molecule has 1 fully saturated rings. The Morgan fingerprint density at radius 3 is 2.76 bits per heavy atom. The van der Waals surface area contributed by atoms with Gasteiger partial charge in [-0.1, -0.05) is 30.3 Å². The lowest BCUT2D eigenvalue weighted by Gasteiger charge is -2.30. The maximum Gasteiger partial charge on any atom is 0.317 e. The Kier molecular flexibility index (Phi) is 6.97. The number of amidine groups is 1. The molecule has 3 aliphatic rings. The molecule has 0 bridgehead atoms. The molecule has 1 saturated heterocycles. The van der Waals surface area contributed by atoms with Crippen molar-refractivity contribution in [1.29, 1.82) is 0 Å². The van der Waals surface area contributed by atoms with Crippen LogP contribution in [-0.4, -0.2) is 66.9 Å². The third kappa shape index (κ3) is 5.19. The molecule has 0 spiro atoms. The second kappa shape index (κ2) is 10.2. The van der Waals surface area contributed by atoms with Crippen molar-refractivity contribution in [3.63, 3.8) is 0 Å². The summed E-state index contributed by atoms with van der Waals surface area (Å²) in [6, 6.07) is 9.97. The normalized spacial score (nSPS) is 23.4. The largest absolute Gasteiger partial charge is 0.365 e. The molecule has 2 atom stereocenters. The number of rotatable bonds is 5. The summed E-state index contributed by atoms with van der Waals surface area (Å²) in [4.78, 5) is 35.4. The number of nitrogens with zero attached hydrogens (tertiary/aromatic N) is 4. The molecule has 0 aromatic heterocycles. The zero-order chi connectivity index (χ0) is 23.2. The van der Waals surface area contributed by atoms with Crippen LogP contribution in [0.4, 0.5) is 4.79 Å². The summed E-state index contributed by atoms with van der Waals surface area (Å²) in [6.45, 7) is 1.32. The van der Waals surface area contributed by atoms with Crippen molar-refractivity contribution in [2.75, 3.05) is 27.2 Å². The molecule has 2 unspecified atom stereocenters. The fourth-order valence-corrected chi connectivity index (χ4v) is 4.17. The molecule has 4 rings (SSSR count). The Hall–Kier alpha value is -3.75. The molecule has 9 heteroatoms. The van der Waals surface area contributed by atoms with Gasteiger partial charge in [0, 0.05) is 39.6 Å². The van der Waals surface area contributed by atoms with E-state index in [9.17, 15) is 9.59 Å². The van der Waals surface area contributed by atoms with Crippen molar-refractivity contribution in [2.24, 2.45) is 15.9 Å². The minimum Gasteiger partial charge on any atom is -0.365 e. The van der Waals surface area contributed by atoms with E-state index in [1.54, 1.807) is 14.1 Å². The van der Waals surface area contributed by atoms with Crippen LogP contribution < -0.4 is 16.0 Å². The average Bonchev–Trinajstić information content (AvgIpc) is 3.31. The summed E-state index contributed by atoms with van der Waals surface area (Å²) in [5.41, 5.74) is 2.73. The minimum atomic E-state index is -0.129. The number of piperidine rings is 1. The topological polar surface area (TPSA) is 101 Å². The minimum absolute atomic E-state index is 0.0716. The molecular formula is C24H30N7O2+. The van der Waals surface area contributed by atoms with E-state index in [1.165, 1.54) is 0 Å². The second-order valence-electron chi connectivity index (χ2n) is 8.15. The Morgan fingerprint density at radius 2 is 2.06 bits per heavy atom. The number of hydrogen-bond acceptors (Lipinski definition) is 5. The summed E-state index contributed by atoms with van der Waals surface area (Å²) in [6.07, 6.45) is 9.48. The van der Waals surface area contributed by atoms with Crippen molar-refractivity contribution >= 4 is 30.2 Å². The molecule has 1 aromatic carbocycles. The van der Waals surface area contributed by atoms with Crippen LogP contribution in [0.3, 0.4) is 0 Å². The first-order valence-electron chi connectivity index (χ1n) is 11.2. The van der Waals surface area contributed by atoms with E-state index in [1.807, 2.05) is 64.6 Å². The standard InChI is InChI=1S/C24H29N7O2/c1-25-21(32)10-12-30-16-20(19-13-27-22(28-14-19)17-7-4-3-5-8-17)29-23(30)18-9-6-11-31(15-18)24(33)26-2/h3-5,7-8,12-14,16,18,22H,6,9-11,15H2,1-2H3,(H2-,25,26,27,28,32,33)/p+1. The van der Waals surface area contributed by atoms with Gasteiger partial charge in [0.2, 0.25) is 11.6 Å². The highest BCUT2D eigenvalue weighted by molar-refractivity contribution is 5.93. The van der Waals surface area contributed by atoms with E-state index < -0.39 is 0 Å². The van der Waals surface area contributed by atoms with Gasteiger partial charge in [-0.2, -0.15) is 0 Å². The second-order valence-corrected chi connectivity index (χ2v) is 8.15. The Morgan fingerprint density at radius 1 is 1.24 bits per heavy atom. The highest BCUT2D eigenvalue weighted by atomic mass is 16.2. The number of carbonyl (C=O) groups excluding carboxylic acids is 2. The zero-order valence-corrected chi connectivity index (χ0v) is 19.0. The average molecular weight is 449 g/mol. The first kappa shape index (κ1) is 22.4. The van der Waals surface area contributed by atoms with E-state index in [4.69, 9.17) is 4.99 Å². The van der Waals surface area contributed by atoms with Crippen molar-refractivity contribution in [3.05, 3.63) is 59.6 Å². The fraction of sp³-hybridized carbons (Fsp3) is 0.375. The number of allylic oxidation sites excluding steroid dienone is 1. The van der Waals surface area contributed by atoms with Gasteiger partial charge in [0.05, 0.1) is 24.1 Å². The maximum absolute atomic E-state index is 12.2. The third-order valence-electron chi connectivity index (χ3n) is 5.97. The zero-order valence-electron chi connectivity index (χ0n) is 19.0. The van der Waals surface area contributed by atoms with Gasteiger partial charge in [-0.3, -0.25) is 9.79 Å². The number of nitrogens with one attached hydrogen (secondary N) is 3. The lowest BCUT2D eigenvalue weighted by Crippen LogP contribution is -2.47. The van der Waals surface area contributed by atoms with Crippen LogP contribution in [0, 0.1) is 5.92 Å². The van der Waals surface area contributed by atoms with Crippen LogP contribution in [0.2, 0.25) is 0 Å². The van der Waals surface area contributed by atoms with Crippen LogP contribution in [0.5, 0.6) is 0 Å². The van der Waals surface area contributed by atoms with Crippen molar-refractivity contribution in [2.45, 2.75) is 25.4 Å². The summed E-state index contributed by atoms with van der Waals surface area (Å²) in [5, 5.41) is 8.69. The van der Waals surface area contributed by atoms with E-state index in [0.717, 1.165) is 42.1 Å². The number of benzene rings is 1. The smallest absolute Gasteiger partial charge is 0.317 e. The SMILES string of the molecule is CNC(=O)CC=[N+]1C=C(C2=CNC(c3ccccc3)N=C2)N=C1C1CCCN(C(=O)NC)C1. The number of aliphatic imine (C=N–C) groups is 2. The van der Waals surface area contributed by atoms with Crippen molar-refractivity contribution in [1.82, 2.24) is 20.9 Å². The van der Waals surface area contributed by atoms with Crippen LogP contribution in [0.15, 0.2) is 64.0 Å². The van der Waals surface area contributed by atoms with Gasteiger partial charge in [0.15, 0.2) is 0 Å². The quantitative estimate of drug-likeness (QED) is 0.599. The molecule has 33 heavy (non-hydrogen) atoms. The fourth-order valence-electron chi connectivity index (χ4n) is 4.17. The summed E-state index contributed by atoms with van der Waals surface area (Å²) >= 11 is 0. The molecule has 0 radical (unpaired) electrons. The number of amides is 3. The van der Waals surface area contributed by atoms with Gasteiger partial charge in [-0.25, -0.2) is 9.37 Å². The molecule has 3 aliphatic heterocycles. The van der Waals surface area contributed by atoms with Gasteiger partial charge in [-0.05, 0) is 23.4 Å². The summed E-state index contributed by atoms with van der Waals surface area (Å²) < 4.78 is 1.93. The number of likely N-dealkylation sites (tertiary alicyclic amines) is 1. The van der Waals surface area contributed by atoms with Gasteiger partial charge in [0.25, 0.3) is 0 Å². The monoisotopic (exact) mass is 448 g/mol.